The molecule has 110 valence electrons. The highest BCUT2D eigenvalue weighted by Crippen LogP contribution is 2.29. The number of morpholine rings is 1. The molecule has 20 heavy (non-hydrogen) atoms. The van der Waals surface area contributed by atoms with E-state index < -0.39 is 0 Å². The first kappa shape index (κ1) is 14.1. The van der Waals surface area contributed by atoms with Crippen molar-refractivity contribution < 1.29 is 4.74 Å². The van der Waals surface area contributed by atoms with Crippen LogP contribution in [0.25, 0.3) is 0 Å². The van der Waals surface area contributed by atoms with Gasteiger partial charge in [0, 0.05) is 18.6 Å². The highest BCUT2D eigenvalue weighted by atomic mass is 16.5. The van der Waals surface area contributed by atoms with E-state index in [9.17, 15) is 0 Å². The van der Waals surface area contributed by atoms with E-state index >= 15 is 0 Å². The monoisotopic (exact) mass is 274 g/mol. The fourth-order valence-corrected chi connectivity index (χ4v) is 3.63. The largest absolute Gasteiger partial charge is 0.379 e. The van der Waals surface area contributed by atoms with Gasteiger partial charge in [0.15, 0.2) is 0 Å². The van der Waals surface area contributed by atoms with E-state index in [0.29, 0.717) is 12.1 Å². The Balaban J connectivity index is 1.46. The van der Waals surface area contributed by atoms with Gasteiger partial charge in [-0.1, -0.05) is 36.8 Å². The molecule has 0 aromatic heterocycles. The summed E-state index contributed by atoms with van der Waals surface area (Å²) in [4.78, 5) is 0. The number of benzene rings is 1. The molecule has 0 radical (unpaired) electrons. The van der Waals surface area contributed by atoms with Crippen molar-refractivity contribution in [1.29, 1.82) is 0 Å². The second kappa shape index (κ2) is 7.21. The molecule has 2 fully saturated rings. The first-order valence-corrected chi connectivity index (χ1v) is 8.02. The summed E-state index contributed by atoms with van der Waals surface area (Å²) in [6.07, 6.45) is 5.13. The molecular formula is C17H26N2O. The van der Waals surface area contributed by atoms with E-state index in [2.05, 4.69) is 41.0 Å². The van der Waals surface area contributed by atoms with Crippen LogP contribution in [-0.2, 0) is 11.2 Å². The normalized spacial score (nSPS) is 30.5. The van der Waals surface area contributed by atoms with Crippen LogP contribution in [-0.4, -0.2) is 38.4 Å². The van der Waals surface area contributed by atoms with Crippen LogP contribution in [0.2, 0.25) is 0 Å². The Hall–Kier alpha value is -0.900. The topological polar surface area (TPSA) is 33.3 Å². The van der Waals surface area contributed by atoms with Gasteiger partial charge in [0.05, 0.1) is 13.2 Å². The average Bonchev–Trinajstić information content (AvgIpc) is 2.98. The predicted molar refractivity (Wildman–Crippen MR) is 81.9 cm³/mol. The maximum Gasteiger partial charge on any atom is 0.0623 e. The zero-order valence-corrected chi connectivity index (χ0v) is 12.2. The summed E-state index contributed by atoms with van der Waals surface area (Å²) in [5.41, 5.74) is 1.42. The molecule has 3 nitrogen and oxygen atoms in total. The smallest absolute Gasteiger partial charge is 0.0623 e. The van der Waals surface area contributed by atoms with E-state index in [-0.39, 0.29) is 0 Å². The summed E-state index contributed by atoms with van der Waals surface area (Å²) >= 11 is 0. The van der Waals surface area contributed by atoms with Gasteiger partial charge < -0.3 is 15.4 Å². The van der Waals surface area contributed by atoms with Crippen LogP contribution in [0.4, 0.5) is 0 Å². The molecule has 1 aliphatic carbocycles. The number of nitrogens with one attached hydrogen (secondary N) is 2. The number of rotatable bonds is 5. The standard InChI is InChI=1S/C17H26N2O/c1-2-5-14(6-3-1)9-10-18-16-8-4-7-15(16)17-13-20-12-11-19-17/h1-3,5-6,15-19H,4,7-13H2. The minimum atomic E-state index is 0.556. The van der Waals surface area contributed by atoms with E-state index in [1.807, 2.05) is 0 Å². The van der Waals surface area contributed by atoms with Crippen molar-refractivity contribution in [3.05, 3.63) is 35.9 Å². The first-order chi connectivity index (χ1) is 9.93. The molecule has 3 unspecified atom stereocenters. The molecule has 1 aromatic rings. The Morgan fingerprint density at radius 1 is 1.20 bits per heavy atom. The fourth-order valence-electron chi connectivity index (χ4n) is 3.63. The third kappa shape index (κ3) is 3.60. The lowest BCUT2D eigenvalue weighted by Gasteiger charge is -2.33. The average molecular weight is 274 g/mol. The van der Waals surface area contributed by atoms with E-state index in [1.54, 1.807) is 0 Å². The van der Waals surface area contributed by atoms with E-state index in [1.165, 1.54) is 24.8 Å². The van der Waals surface area contributed by atoms with Gasteiger partial charge in [-0.25, -0.2) is 0 Å². The molecule has 1 aliphatic heterocycles. The summed E-state index contributed by atoms with van der Waals surface area (Å²) in [5.74, 6) is 0.742. The summed E-state index contributed by atoms with van der Waals surface area (Å²) in [5, 5.41) is 7.42. The van der Waals surface area contributed by atoms with Crippen LogP contribution < -0.4 is 10.6 Å². The molecule has 1 saturated heterocycles. The lowest BCUT2D eigenvalue weighted by atomic mass is 9.94. The van der Waals surface area contributed by atoms with Gasteiger partial charge in [-0.05, 0) is 37.3 Å². The molecule has 1 saturated carbocycles. The van der Waals surface area contributed by atoms with Gasteiger partial charge in [0.1, 0.15) is 0 Å². The molecule has 1 aromatic carbocycles. The van der Waals surface area contributed by atoms with Crippen LogP contribution in [0.5, 0.6) is 0 Å². The summed E-state index contributed by atoms with van der Waals surface area (Å²) < 4.78 is 5.63. The fraction of sp³-hybridized carbons (Fsp3) is 0.647. The van der Waals surface area contributed by atoms with Gasteiger partial charge in [0.25, 0.3) is 0 Å². The quantitative estimate of drug-likeness (QED) is 0.861. The van der Waals surface area contributed by atoms with Gasteiger partial charge in [-0.2, -0.15) is 0 Å². The van der Waals surface area contributed by atoms with Crippen LogP contribution in [0.3, 0.4) is 0 Å². The Morgan fingerprint density at radius 3 is 2.90 bits per heavy atom. The lowest BCUT2D eigenvalue weighted by Crippen LogP contribution is -2.51. The molecule has 2 aliphatic rings. The van der Waals surface area contributed by atoms with Crippen molar-refractivity contribution in [2.75, 3.05) is 26.3 Å². The van der Waals surface area contributed by atoms with Crippen LogP contribution in [0, 0.1) is 5.92 Å². The SMILES string of the molecule is c1ccc(CCNC2CCCC2C2COCCN2)cc1. The molecular weight excluding hydrogens is 248 g/mol. The van der Waals surface area contributed by atoms with E-state index in [0.717, 1.165) is 38.6 Å². The van der Waals surface area contributed by atoms with Crippen molar-refractivity contribution >= 4 is 0 Å². The Labute approximate surface area is 122 Å². The molecule has 3 atom stereocenters. The van der Waals surface area contributed by atoms with Crippen LogP contribution >= 0.6 is 0 Å². The lowest BCUT2D eigenvalue weighted by molar-refractivity contribution is 0.0526. The highest BCUT2D eigenvalue weighted by molar-refractivity contribution is 5.14. The molecule has 3 rings (SSSR count). The summed E-state index contributed by atoms with van der Waals surface area (Å²) in [6, 6.07) is 12.0. The van der Waals surface area contributed by atoms with Crippen molar-refractivity contribution in [1.82, 2.24) is 10.6 Å². The maximum absolute atomic E-state index is 5.63. The number of hydrogen-bond acceptors (Lipinski definition) is 3. The second-order valence-corrected chi connectivity index (χ2v) is 6.03. The Kier molecular flexibility index (Phi) is 5.06. The minimum Gasteiger partial charge on any atom is -0.379 e. The van der Waals surface area contributed by atoms with Crippen LogP contribution in [0.1, 0.15) is 24.8 Å². The third-order valence-corrected chi connectivity index (χ3v) is 4.70. The van der Waals surface area contributed by atoms with Crippen LogP contribution in [0.15, 0.2) is 30.3 Å². The minimum absolute atomic E-state index is 0.556. The molecule has 1 heterocycles. The molecule has 3 heteroatoms. The maximum atomic E-state index is 5.63. The number of hydrogen-bond donors (Lipinski definition) is 2. The third-order valence-electron chi connectivity index (χ3n) is 4.70. The molecule has 2 N–H and O–H groups in total. The number of ether oxygens (including phenoxy) is 1. The van der Waals surface area contributed by atoms with Crippen molar-refractivity contribution in [3.8, 4) is 0 Å². The van der Waals surface area contributed by atoms with Gasteiger partial charge in [0.2, 0.25) is 0 Å². The molecule has 0 spiro atoms. The zero-order valence-electron chi connectivity index (χ0n) is 12.2. The van der Waals surface area contributed by atoms with Crippen molar-refractivity contribution in [2.45, 2.75) is 37.8 Å². The molecule has 0 amide bonds. The zero-order chi connectivity index (χ0) is 13.6. The van der Waals surface area contributed by atoms with Gasteiger partial charge in [-0.15, -0.1) is 0 Å². The predicted octanol–water partition coefficient (Wildman–Crippen LogP) is 1.98. The van der Waals surface area contributed by atoms with Gasteiger partial charge >= 0.3 is 0 Å². The first-order valence-electron chi connectivity index (χ1n) is 8.02. The summed E-state index contributed by atoms with van der Waals surface area (Å²) in [7, 11) is 0. The Morgan fingerprint density at radius 2 is 2.10 bits per heavy atom. The van der Waals surface area contributed by atoms with E-state index in [4.69, 9.17) is 4.74 Å². The van der Waals surface area contributed by atoms with Gasteiger partial charge in [-0.3, -0.25) is 0 Å². The summed E-state index contributed by atoms with van der Waals surface area (Å²) in [6.45, 7) is 3.85. The van der Waals surface area contributed by atoms with Crippen molar-refractivity contribution in [3.63, 3.8) is 0 Å². The second-order valence-electron chi connectivity index (χ2n) is 6.03. The Bertz CT molecular complexity index is 389. The molecule has 0 bridgehead atoms. The highest BCUT2D eigenvalue weighted by Gasteiger charge is 2.34. The van der Waals surface area contributed by atoms with Crippen molar-refractivity contribution in [2.24, 2.45) is 5.92 Å².